The summed E-state index contributed by atoms with van der Waals surface area (Å²) in [6.45, 7) is -0.445. The van der Waals surface area contributed by atoms with Crippen molar-refractivity contribution < 1.29 is 26.7 Å². The van der Waals surface area contributed by atoms with Gasteiger partial charge in [0.05, 0.1) is 10.7 Å². The van der Waals surface area contributed by atoms with E-state index >= 15 is 0 Å². The summed E-state index contributed by atoms with van der Waals surface area (Å²) in [5, 5.41) is 0.259. The van der Waals surface area contributed by atoms with Gasteiger partial charge in [-0.05, 0) is 17.7 Å². The van der Waals surface area contributed by atoms with E-state index in [1.54, 1.807) is 0 Å². The molecule has 2 aromatic rings. The van der Waals surface area contributed by atoms with Crippen molar-refractivity contribution in [2.24, 2.45) is 0 Å². The monoisotopic (exact) mass is 323 g/mol. The van der Waals surface area contributed by atoms with Crippen LogP contribution in [0, 0.1) is 29.1 Å². The summed E-state index contributed by atoms with van der Waals surface area (Å²) >= 11 is 5.68. The molecule has 8 heteroatoms. The number of rotatable bonds is 3. The fourth-order valence-electron chi connectivity index (χ4n) is 1.55. The first kappa shape index (κ1) is 15.4. The van der Waals surface area contributed by atoms with Crippen LogP contribution in [0.3, 0.4) is 0 Å². The molecule has 0 aliphatic rings. The summed E-state index contributed by atoms with van der Waals surface area (Å²) in [5.74, 6) is -11.8. The summed E-state index contributed by atoms with van der Waals surface area (Å²) in [7, 11) is 0. The molecule has 0 spiro atoms. The van der Waals surface area contributed by atoms with E-state index in [9.17, 15) is 22.0 Å². The van der Waals surface area contributed by atoms with Gasteiger partial charge >= 0.3 is 0 Å². The highest BCUT2D eigenvalue weighted by Crippen LogP contribution is 2.30. The van der Waals surface area contributed by atoms with E-state index in [-0.39, 0.29) is 10.7 Å². The summed E-state index contributed by atoms with van der Waals surface area (Å²) in [4.78, 5) is 0. The Morgan fingerprint density at radius 1 is 0.905 bits per heavy atom. The number of benzene rings is 2. The van der Waals surface area contributed by atoms with Crippen molar-refractivity contribution in [3.05, 3.63) is 57.9 Å². The van der Waals surface area contributed by atoms with Crippen molar-refractivity contribution in [3.8, 4) is 5.75 Å². The van der Waals surface area contributed by atoms with Gasteiger partial charge in [0.25, 0.3) is 0 Å². The molecule has 0 saturated carbocycles. The maximum atomic E-state index is 13.4. The van der Waals surface area contributed by atoms with Gasteiger partial charge in [0.1, 0.15) is 6.61 Å². The molecule has 0 unspecified atom stereocenters. The number of ether oxygens (including phenoxy) is 1. The van der Waals surface area contributed by atoms with Gasteiger partial charge in [-0.2, -0.15) is 8.78 Å². The Morgan fingerprint density at radius 2 is 1.43 bits per heavy atom. The van der Waals surface area contributed by atoms with Crippen molar-refractivity contribution in [1.29, 1.82) is 0 Å². The lowest BCUT2D eigenvalue weighted by atomic mass is 10.2. The Hall–Kier alpha value is -2.02. The lowest BCUT2D eigenvalue weighted by Crippen LogP contribution is -2.07. The average molecular weight is 324 g/mol. The molecule has 2 rings (SSSR count). The first-order chi connectivity index (χ1) is 9.82. The van der Waals surface area contributed by atoms with Gasteiger partial charge in [0.15, 0.2) is 5.75 Å². The Morgan fingerprint density at radius 3 is 1.95 bits per heavy atom. The minimum atomic E-state index is -2.24. The van der Waals surface area contributed by atoms with E-state index in [4.69, 9.17) is 17.3 Å². The molecule has 21 heavy (non-hydrogen) atoms. The Bertz CT molecular complexity index is 678. The molecule has 0 amide bonds. The average Bonchev–Trinajstić information content (AvgIpc) is 2.46. The molecule has 0 radical (unpaired) electrons. The lowest BCUT2D eigenvalue weighted by molar-refractivity contribution is 0.253. The number of halogens is 6. The van der Waals surface area contributed by atoms with E-state index in [0.29, 0.717) is 5.56 Å². The van der Waals surface area contributed by atoms with Crippen LogP contribution in [0.4, 0.5) is 27.6 Å². The van der Waals surface area contributed by atoms with Crippen LogP contribution in [0.25, 0.3) is 0 Å². The molecule has 2 aromatic carbocycles. The van der Waals surface area contributed by atoms with E-state index in [2.05, 4.69) is 4.74 Å². The molecule has 0 aliphatic heterocycles. The van der Waals surface area contributed by atoms with Gasteiger partial charge in [-0.25, -0.2) is 13.2 Å². The van der Waals surface area contributed by atoms with Gasteiger partial charge in [0, 0.05) is 0 Å². The zero-order valence-corrected chi connectivity index (χ0v) is 10.9. The third kappa shape index (κ3) is 2.87. The third-order valence-electron chi connectivity index (χ3n) is 2.61. The first-order valence-corrected chi connectivity index (χ1v) is 5.88. The van der Waals surface area contributed by atoms with Crippen LogP contribution >= 0.6 is 11.6 Å². The second-order valence-corrected chi connectivity index (χ2v) is 4.45. The molecule has 0 aromatic heterocycles. The smallest absolute Gasteiger partial charge is 0.207 e. The summed E-state index contributed by atoms with van der Waals surface area (Å²) in [6, 6.07) is 4.20. The number of nitrogens with two attached hydrogens (primary N) is 1. The SMILES string of the molecule is Nc1cc(COc2c(F)c(F)c(F)c(F)c2F)ccc1Cl. The predicted octanol–water partition coefficient (Wildman–Crippen LogP) is 4.20. The largest absolute Gasteiger partial charge is 0.483 e. The lowest BCUT2D eigenvalue weighted by Gasteiger charge is -2.11. The quantitative estimate of drug-likeness (QED) is 0.398. The van der Waals surface area contributed by atoms with Crippen molar-refractivity contribution in [1.82, 2.24) is 0 Å². The van der Waals surface area contributed by atoms with Gasteiger partial charge in [-0.3, -0.25) is 0 Å². The molecular formula is C13H7ClF5NO. The maximum Gasteiger partial charge on any atom is 0.207 e. The Labute approximate surface area is 120 Å². The van der Waals surface area contributed by atoms with Crippen LogP contribution in [-0.2, 0) is 6.61 Å². The van der Waals surface area contributed by atoms with Crippen LogP contribution in [0.1, 0.15) is 5.56 Å². The normalized spacial score (nSPS) is 10.8. The molecule has 112 valence electrons. The molecule has 0 saturated heterocycles. The second-order valence-electron chi connectivity index (χ2n) is 4.04. The first-order valence-electron chi connectivity index (χ1n) is 5.51. The predicted molar refractivity (Wildman–Crippen MR) is 66.4 cm³/mol. The standard InChI is InChI=1S/C13H7ClF5NO/c14-6-2-1-5(3-7(6)20)4-21-13-11(18)9(16)8(15)10(17)12(13)19/h1-3H,4,20H2. The highest BCUT2D eigenvalue weighted by molar-refractivity contribution is 6.33. The van der Waals surface area contributed by atoms with Crippen molar-refractivity contribution in [3.63, 3.8) is 0 Å². The fraction of sp³-hybridized carbons (Fsp3) is 0.0769. The van der Waals surface area contributed by atoms with E-state index < -0.39 is 41.4 Å². The van der Waals surface area contributed by atoms with E-state index in [1.807, 2.05) is 0 Å². The highest BCUT2D eigenvalue weighted by atomic mass is 35.5. The summed E-state index contributed by atoms with van der Waals surface area (Å²) < 4.78 is 70.2. The number of anilines is 1. The molecule has 2 nitrogen and oxygen atoms in total. The maximum absolute atomic E-state index is 13.4. The Kier molecular flexibility index (Phi) is 4.22. The number of hydrogen-bond acceptors (Lipinski definition) is 2. The van der Waals surface area contributed by atoms with Crippen LogP contribution in [0.2, 0.25) is 5.02 Å². The van der Waals surface area contributed by atoms with Crippen LogP contribution in [0.15, 0.2) is 18.2 Å². The number of nitrogen functional groups attached to an aromatic ring is 1. The molecule has 0 bridgehead atoms. The van der Waals surface area contributed by atoms with E-state index in [0.717, 1.165) is 0 Å². The van der Waals surface area contributed by atoms with Gasteiger partial charge in [-0.1, -0.05) is 17.7 Å². The van der Waals surface area contributed by atoms with Crippen molar-refractivity contribution in [2.45, 2.75) is 6.61 Å². The van der Waals surface area contributed by atoms with Crippen molar-refractivity contribution >= 4 is 17.3 Å². The highest BCUT2D eigenvalue weighted by Gasteiger charge is 2.27. The fourth-order valence-corrected chi connectivity index (χ4v) is 1.67. The van der Waals surface area contributed by atoms with Crippen LogP contribution in [0.5, 0.6) is 5.75 Å². The van der Waals surface area contributed by atoms with Gasteiger partial charge < -0.3 is 10.5 Å². The minimum Gasteiger partial charge on any atom is -0.483 e. The van der Waals surface area contributed by atoms with Crippen molar-refractivity contribution in [2.75, 3.05) is 5.73 Å². The zero-order valence-electron chi connectivity index (χ0n) is 10.2. The molecule has 0 heterocycles. The summed E-state index contributed by atoms with van der Waals surface area (Å²) in [6.07, 6.45) is 0. The molecule has 0 aliphatic carbocycles. The molecule has 2 N–H and O–H groups in total. The Balaban J connectivity index is 2.30. The van der Waals surface area contributed by atoms with E-state index in [1.165, 1.54) is 18.2 Å². The summed E-state index contributed by atoms with van der Waals surface area (Å²) in [5.41, 5.74) is 6.05. The topological polar surface area (TPSA) is 35.2 Å². The zero-order chi connectivity index (χ0) is 15.7. The third-order valence-corrected chi connectivity index (χ3v) is 2.96. The number of hydrogen-bond donors (Lipinski definition) is 1. The van der Waals surface area contributed by atoms with Crippen LogP contribution < -0.4 is 10.5 Å². The minimum absolute atomic E-state index is 0.190. The second kappa shape index (κ2) is 5.77. The molecule has 0 atom stereocenters. The molecular weight excluding hydrogens is 317 g/mol. The molecule has 0 fully saturated rings. The van der Waals surface area contributed by atoms with Gasteiger partial charge in [-0.15, -0.1) is 0 Å². The van der Waals surface area contributed by atoms with Gasteiger partial charge in [0.2, 0.25) is 29.1 Å². The van der Waals surface area contributed by atoms with Crippen LogP contribution in [-0.4, -0.2) is 0 Å².